The molecule has 0 saturated carbocycles. The van der Waals surface area contributed by atoms with Crippen LogP contribution in [0, 0.1) is 22.7 Å². The van der Waals surface area contributed by atoms with Gasteiger partial charge in [0.2, 0.25) is 0 Å². The van der Waals surface area contributed by atoms with Gasteiger partial charge in [-0.05, 0) is 0 Å². The molecule has 0 aromatic heterocycles. The Morgan fingerprint density at radius 3 is 1.33 bits per heavy atom. The van der Waals surface area contributed by atoms with Gasteiger partial charge in [0.1, 0.15) is 23.5 Å². The highest BCUT2D eigenvalue weighted by molar-refractivity contribution is 6.15. The summed E-state index contributed by atoms with van der Waals surface area (Å²) >= 11 is 0. The first-order valence-corrected chi connectivity index (χ1v) is 2.68. The molecule has 0 unspecified atom stereocenters. The maximum atomic E-state index is 10.5. The largest absolute Gasteiger partial charge is 0.393 e. The summed E-state index contributed by atoms with van der Waals surface area (Å²) < 4.78 is 0. The van der Waals surface area contributed by atoms with E-state index in [1.54, 1.807) is 0 Å². The number of nitrogens with zero attached hydrogens (tertiary/aromatic N) is 2. The quantitative estimate of drug-likeness (QED) is 0.369. The van der Waals surface area contributed by atoms with Crippen LogP contribution in [0.4, 0.5) is 0 Å². The number of ketones is 2. The summed E-state index contributed by atoms with van der Waals surface area (Å²) in [4.78, 5) is 21.0. The predicted octanol–water partition coefficient (Wildman–Crippen LogP) is -1.70. The van der Waals surface area contributed by atoms with Crippen molar-refractivity contribution >= 4 is 11.6 Å². The Balaban J connectivity index is 5.00. The van der Waals surface area contributed by atoms with Crippen molar-refractivity contribution in [3.63, 3.8) is 0 Å². The highest BCUT2D eigenvalue weighted by Gasteiger charge is 2.14. The molecule has 0 aliphatic carbocycles. The van der Waals surface area contributed by atoms with Crippen molar-refractivity contribution in [3.05, 3.63) is 11.4 Å². The monoisotopic (exact) mass is 164 g/mol. The second kappa shape index (κ2) is 3.74. The van der Waals surface area contributed by atoms with Gasteiger partial charge in [-0.2, -0.15) is 10.5 Å². The molecule has 0 aromatic carbocycles. The number of carbonyl (C=O) groups excluding carboxylic acids is 2. The van der Waals surface area contributed by atoms with Crippen LogP contribution in [0.1, 0.15) is 0 Å². The average Bonchev–Trinajstić information content (AvgIpc) is 2.12. The second-order valence-electron chi connectivity index (χ2n) is 1.71. The zero-order chi connectivity index (χ0) is 9.72. The van der Waals surface area contributed by atoms with Gasteiger partial charge < -0.3 is 11.5 Å². The van der Waals surface area contributed by atoms with Crippen LogP contribution in [-0.4, -0.2) is 11.6 Å². The predicted molar refractivity (Wildman–Crippen MR) is 36.6 cm³/mol. The third-order valence-corrected chi connectivity index (χ3v) is 0.983. The average molecular weight is 164 g/mol. The van der Waals surface area contributed by atoms with Gasteiger partial charge in [0, 0.05) is 0 Å². The molecule has 12 heavy (non-hydrogen) atoms. The van der Waals surface area contributed by atoms with E-state index in [1.807, 2.05) is 0 Å². The lowest BCUT2D eigenvalue weighted by Crippen LogP contribution is -2.21. The normalized spacial score (nSPS) is 10.5. The molecule has 0 aliphatic rings. The van der Waals surface area contributed by atoms with Crippen LogP contribution < -0.4 is 11.5 Å². The van der Waals surface area contributed by atoms with Gasteiger partial charge in [0.25, 0.3) is 11.6 Å². The minimum atomic E-state index is -1.13. The Kier molecular flexibility index (Phi) is 3.01. The second-order valence-corrected chi connectivity index (χ2v) is 1.71. The molecule has 0 fully saturated rings. The van der Waals surface area contributed by atoms with E-state index in [1.165, 1.54) is 0 Å². The Morgan fingerprint density at radius 1 is 0.917 bits per heavy atom. The van der Waals surface area contributed by atoms with Crippen LogP contribution in [-0.2, 0) is 9.59 Å². The van der Waals surface area contributed by atoms with Gasteiger partial charge in [-0.3, -0.25) is 9.59 Å². The summed E-state index contributed by atoms with van der Waals surface area (Å²) in [6.45, 7) is 0. The van der Waals surface area contributed by atoms with Crippen molar-refractivity contribution in [1.29, 1.82) is 10.5 Å². The van der Waals surface area contributed by atoms with E-state index in [9.17, 15) is 9.59 Å². The number of rotatable bonds is 2. The molecule has 4 N–H and O–H groups in total. The fraction of sp³-hybridized carbons (Fsp3) is 0. The van der Waals surface area contributed by atoms with Gasteiger partial charge >= 0.3 is 0 Å². The van der Waals surface area contributed by atoms with Crippen molar-refractivity contribution in [2.24, 2.45) is 11.5 Å². The number of Topliss-reactive ketones (excluding diaryl/α,β-unsaturated/α-hetero) is 2. The molecule has 60 valence electrons. The Labute approximate surface area is 67.7 Å². The molecule has 0 bridgehead atoms. The van der Waals surface area contributed by atoms with E-state index in [0.717, 1.165) is 12.1 Å². The standard InChI is InChI=1S/C6H4N4O2/c7-1-3(11)5(9)6(10)4(12)2-8/h9-10H2/b6-5-. The molecule has 0 saturated heterocycles. The molecule has 0 aliphatic heterocycles. The fourth-order valence-corrected chi connectivity index (χ4v) is 0.365. The number of hydrogen-bond donors (Lipinski definition) is 2. The van der Waals surface area contributed by atoms with Crippen LogP contribution in [0.3, 0.4) is 0 Å². The number of carbonyl (C=O) groups is 2. The molecule has 0 atom stereocenters. The molecule has 0 radical (unpaired) electrons. The van der Waals surface area contributed by atoms with E-state index in [4.69, 9.17) is 22.0 Å². The first kappa shape index (κ1) is 9.66. The van der Waals surface area contributed by atoms with Gasteiger partial charge in [0.15, 0.2) is 0 Å². The minimum absolute atomic E-state index is 0.691. The summed E-state index contributed by atoms with van der Waals surface area (Å²) in [5.74, 6) is -2.26. The zero-order valence-corrected chi connectivity index (χ0v) is 5.87. The van der Waals surface area contributed by atoms with Crippen molar-refractivity contribution in [3.8, 4) is 12.1 Å². The van der Waals surface area contributed by atoms with Gasteiger partial charge in [-0.15, -0.1) is 0 Å². The van der Waals surface area contributed by atoms with E-state index in [0.29, 0.717) is 0 Å². The zero-order valence-electron chi connectivity index (χ0n) is 5.87. The Hall–Kier alpha value is -2.34. The molecular formula is C6H4N4O2. The molecule has 0 spiro atoms. The molecule has 6 heteroatoms. The summed E-state index contributed by atoms with van der Waals surface area (Å²) in [7, 11) is 0. The fourth-order valence-electron chi connectivity index (χ4n) is 0.365. The van der Waals surface area contributed by atoms with E-state index in [2.05, 4.69) is 0 Å². The van der Waals surface area contributed by atoms with E-state index in [-0.39, 0.29) is 0 Å². The van der Waals surface area contributed by atoms with Crippen LogP contribution in [0.5, 0.6) is 0 Å². The van der Waals surface area contributed by atoms with E-state index >= 15 is 0 Å². The molecular weight excluding hydrogens is 160 g/mol. The van der Waals surface area contributed by atoms with Crippen molar-refractivity contribution < 1.29 is 9.59 Å². The third-order valence-electron chi connectivity index (χ3n) is 0.983. The van der Waals surface area contributed by atoms with E-state index < -0.39 is 23.0 Å². The Bertz CT molecular complexity index is 308. The van der Waals surface area contributed by atoms with Gasteiger partial charge in [-0.25, -0.2) is 0 Å². The maximum absolute atomic E-state index is 10.5. The lowest BCUT2D eigenvalue weighted by Gasteiger charge is -1.94. The molecule has 0 amide bonds. The van der Waals surface area contributed by atoms with Crippen molar-refractivity contribution in [2.75, 3.05) is 0 Å². The van der Waals surface area contributed by atoms with Crippen LogP contribution in [0.25, 0.3) is 0 Å². The number of nitriles is 2. The molecule has 0 rings (SSSR count). The van der Waals surface area contributed by atoms with Gasteiger partial charge in [0.05, 0.1) is 0 Å². The number of allylic oxidation sites excluding steroid dienone is 2. The van der Waals surface area contributed by atoms with Crippen LogP contribution in [0.15, 0.2) is 11.4 Å². The highest BCUT2D eigenvalue weighted by Crippen LogP contribution is 1.93. The summed E-state index contributed by atoms with van der Waals surface area (Å²) in [5, 5.41) is 16.1. The SMILES string of the molecule is N#CC(=O)/C(N)=C(/N)C(=O)C#N. The van der Waals surface area contributed by atoms with Crippen LogP contribution >= 0.6 is 0 Å². The third kappa shape index (κ3) is 1.82. The van der Waals surface area contributed by atoms with Crippen LogP contribution in [0.2, 0.25) is 0 Å². The van der Waals surface area contributed by atoms with Crippen molar-refractivity contribution in [2.45, 2.75) is 0 Å². The minimum Gasteiger partial charge on any atom is -0.393 e. The first-order valence-electron chi connectivity index (χ1n) is 2.68. The maximum Gasteiger partial charge on any atom is 0.280 e. The number of nitrogens with two attached hydrogens (primary N) is 2. The summed E-state index contributed by atoms with van der Waals surface area (Å²) in [6.07, 6.45) is 0. The Morgan fingerprint density at radius 2 is 1.17 bits per heavy atom. The summed E-state index contributed by atoms with van der Waals surface area (Å²) in [5.41, 5.74) is 8.54. The molecule has 6 nitrogen and oxygen atoms in total. The van der Waals surface area contributed by atoms with Crippen molar-refractivity contribution in [1.82, 2.24) is 0 Å². The van der Waals surface area contributed by atoms with Gasteiger partial charge in [-0.1, -0.05) is 0 Å². The lowest BCUT2D eigenvalue weighted by atomic mass is 10.2. The smallest absolute Gasteiger partial charge is 0.280 e. The molecule has 0 aromatic rings. The molecule has 0 heterocycles. The highest BCUT2D eigenvalue weighted by atomic mass is 16.1. The lowest BCUT2D eigenvalue weighted by molar-refractivity contribution is -0.113. The topological polar surface area (TPSA) is 134 Å². The first-order chi connectivity index (χ1) is 5.54. The number of hydrogen-bond acceptors (Lipinski definition) is 6. The summed E-state index contributed by atoms with van der Waals surface area (Å²) in [6, 6.07) is 2.32.